The number of urea groups is 1. The van der Waals surface area contributed by atoms with E-state index in [1.807, 2.05) is 5.38 Å². The molecule has 1 aromatic rings. The highest BCUT2D eigenvalue weighted by atomic mass is 32.1. The molecule has 1 saturated heterocycles. The first kappa shape index (κ1) is 19.7. The quantitative estimate of drug-likeness (QED) is 0.384. The first-order chi connectivity index (χ1) is 13.0. The molecule has 0 radical (unpaired) electrons. The van der Waals surface area contributed by atoms with E-state index in [0.29, 0.717) is 18.0 Å². The maximum absolute atomic E-state index is 12.6. The number of aryl methyl sites for hydroxylation is 1. The van der Waals surface area contributed by atoms with Gasteiger partial charge < -0.3 is 0 Å². The Labute approximate surface area is 164 Å². The van der Waals surface area contributed by atoms with Crippen molar-refractivity contribution < 1.29 is 14.4 Å². The van der Waals surface area contributed by atoms with Crippen molar-refractivity contribution in [1.29, 1.82) is 0 Å². The minimum atomic E-state index is -0.741. The monoisotopic (exact) mass is 389 g/mol. The molecule has 2 heterocycles. The summed E-state index contributed by atoms with van der Waals surface area (Å²) in [5.74, 6) is -0.856. The molecule has 0 spiro atoms. The van der Waals surface area contributed by atoms with E-state index < -0.39 is 17.8 Å². The number of hydrogen-bond donors (Lipinski definition) is 0. The molecule has 0 N–H and O–H groups in total. The van der Waals surface area contributed by atoms with Gasteiger partial charge >= 0.3 is 17.8 Å². The van der Waals surface area contributed by atoms with Gasteiger partial charge in [0.05, 0.1) is 17.2 Å². The number of allylic oxidation sites excluding steroid dienone is 1. The molecule has 0 unspecified atom stereocenters. The molecule has 6 nitrogen and oxygen atoms in total. The normalized spacial score (nSPS) is 18.0. The lowest BCUT2D eigenvalue weighted by Crippen LogP contribution is -2.34. The number of nitrogens with zero attached hydrogens (tertiary/aromatic N) is 3. The van der Waals surface area contributed by atoms with Crippen LogP contribution in [0.1, 0.15) is 63.1 Å². The predicted octanol–water partition coefficient (Wildman–Crippen LogP) is 3.91. The second-order valence-electron chi connectivity index (χ2n) is 7.65. The minimum Gasteiger partial charge on any atom is -0.263 e. The summed E-state index contributed by atoms with van der Waals surface area (Å²) in [5.41, 5.74) is 1.95. The highest BCUT2D eigenvalue weighted by molar-refractivity contribution is 7.09. The third kappa shape index (κ3) is 4.83. The van der Waals surface area contributed by atoms with Gasteiger partial charge in [0.25, 0.3) is 0 Å². The van der Waals surface area contributed by atoms with Crippen LogP contribution in [0.4, 0.5) is 4.79 Å². The summed E-state index contributed by atoms with van der Waals surface area (Å²) in [5, 5.41) is 2.88. The Balaban J connectivity index is 1.59. The van der Waals surface area contributed by atoms with Crippen molar-refractivity contribution >= 4 is 29.2 Å². The van der Waals surface area contributed by atoms with Crippen molar-refractivity contribution in [2.45, 2.75) is 65.3 Å². The van der Waals surface area contributed by atoms with Gasteiger partial charge in [0.1, 0.15) is 0 Å². The first-order valence-corrected chi connectivity index (χ1v) is 10.6. The van der Waals surface area contributed by atoms with Crippen LogP contribution >= 0.6 is 11.3 Å². The smallest absolute Gasteiger partial charge is 0.263 e. The third-order valence-electron chi connectivity index (χ3n) is 5.03. The molecule has 1 aliphatic carbocycles. The second kappa shape index (κ2) is 8.78. The molecular formula is C20H27N3O3S. The van der Waals surface area contributed by atoms with Gasteiger partial charge in [-0.2, -0.15) is 0 Å². The van der Waals surface area contributed by atoms with E-state index in [4.69, 9.17) is 0 Å². The standard InChI is InChI=1S/C20H27N3O3S/c1-14(2)8-9-17-21-16(13-27-17)12-23-19(25)18(24)22(20(23)26)11-10-15-6-4-3-5-7-15/h6,13-14H,3-5,7-12H2,1-2H3. The lowest BCUT2D eigenvalue weighted by Gasteiger charge is -2.17. The Morgan fingerprint density at radius 2 is 1.89 bits per heavy atom. The molecule has 4 amide bonds. The molecule has 0 bridgehead atoms. The molecule has 1 fully saturated rings. The van der Waals surface area contributed by atoms with E-state index in [2.05, 4.69) is 24.9 Å². The van der Waals surface area contributed by atoms with Gasteiger partial charge in [-0.05, 0) is 50.9 Å². The number of hydrogen-bond acceptors (Lipinski definition) is 5. The first-order valence-electron chi connectivity index (χ1n) is 9.74. The van der Waals surface area contributed by atoms with Crippen LogP contribution in [0.25, 0.3) is 0 Å². The Hall–Kier alpha value is -2.02. The second-order valence-corrected chi connectivity index (χ2v) is 8.60. The van der Waals surface area contributed by atoms with E-state index in [1.54, 1.807) is 11.3 Å². The summed E-state index contributed by atoms with van der Waals surface area (Å²) in [7, 11) is 0. The van der Waals surface area contributed by atoms with Gasteiger partial charge in [-0.25, -0.2) is 14.7 Å². The molecule has 2 aliphatic rings. The number of thiazole rings is 1. The van der Waals surface area contributed by atoms with Crippen molar-refractivity contribution in [2.75, 3.05) is 6.54 Å². The predicted molar refractivity (Wildman–Crippen MR) is 104 cm³/mol. The SMILES string of the molecule is CC(C)CCc1nc(CN2C(=O)C(=O)N(CCC3=CCCCC3)C2=O)cs1. The highest BCUT2D eigenvalue weighted by Gasteiger charge is 2.44. The van der Waals surface area contributed by atoms with Crippen LogP contribution in [0.5, 0.6) is 0 Å². The summed E-state index contributed by atoms with van der Waals surface area (Å²) in [6.45, 7) is 4.68. The maximum Gasteiger partial charge on any atom is 0.334 e. The lowest BCUT2D eigenvalue weighted by atomic mass is 9.97. The molecule has 27 heavy (non-hydrogen) atoms. The van der Waals surface area contributed by atoms with Crippen LogP contribution in [-0.2, 0) is 22.6 Å². The molecule has 0 atom stereocenters. The number of carbonyl (C=O) groups is 3. The molecule has 3 rings (SSSR count). The van der Waals surface area contributed by atoms with Crippen LogP contribution in [0.3, 0.4) is 0 Å². The van der Waals surface area contributed by atoms with E-state index in [9.17, 15) is 14.4 Å². The average Bonchev–Trinajstić information content (AvgIpc) is 3.19. The van der Waals surface area contributed by atoms with Crippen molar-refractivity contribution in [3.05, 3.63) is 27.7 Å². The van der Waals surface area contributed by atoms with Gasteiger partial charge in [0.2, 0.25) is 0 Å². The van der Waals surface area contributed by atoms with Crippen molar-refractivity contribution in [3.8, 4) is 0 Å². The molecule has 0 saturated carbocycles. The lowest BCUT2D eigenvalue weighted by molar-refractivity contribution is -0.143. The minimum absolute atomic E-state index is 0.0702. The molecule has 0 aromatic carbocycles. The van der Waals surface area contributed by atoms with Crippen molar-refractivity contribution in [2.24, 2.45) is 5.92 Å². The number of amides is 4. The summed E-state index contributed by atoms with van der Waals surface area (Å²) < 4.78 is 0. The van der Waals surface area contributed by atoms with E-state index in [0.717, 1.165) is 46.9 Å². The number of carbonyl (C=O) groups excluding carboxylic acids is 3. The van der Waals surface area contributed by atoms with Crippen LogP contribution in [0.15, 0.2) is 17.0 Å². The molecule has 1 aliphatic heterocycles. The fourth-order valence-electron chi connectivity index (χ4n) is 3.38. The maximum atomic E-state index is 12.6. The molecular weight excluding hydrogens is 362 g/mol. The van der Waals surface area contributed by atoms with Crippen molar-refractivity contribution in [1.82, 2.24) is 14.8 Å². The van der Waals surface area contributed by atoms with E-state index in [-0.39, 0.29) is 13.1 Å². The number of imide groups is 2. The summed E-state index contributed by atoms with van der Waals surface area (Å²) in [6, 6.07) is -0.516. The summed E-state index contributed by atoms with van der Waals surface area (Å²) in [6.07, 6.45) is 9.24. The Bertz CT molecular complexity index is 753. The highest BCUT2D eigenvalue weighted by Crippen LogP contribution is 2.23. The number of aromatic nitrogens is 1. The average molecular weight is 390 g/mol. The van der Waals surface area contributed by atoms with Gasteiger partial charge in [-0.15, -0.1) is 11.3 Å². The number of rotatable bonds is 8. The van der Waals surface area contributed by atoms with Crippen LogP contribution in [-0.4, -0.2) is 39.2 Å². The largest absolute Gasteiger partial charge is 0.334 e. The summed E-state index contributed by atoms with van der Waals surface area (Å²) >= 11 is 1.54. The Morgan fingerprint density at radius 1 is 1.11 bits per heavy atom. The van der Waals surface area contributed by atoms with Crippen LogP contribution in [0.2, 0.25) is 0 Å². The van der Waals surface area contributed by atoms with E-state index in [1.165, 1.54) is 12.0 Å². The zero-order chi connectivity index (χ0) is 19.4. The zero-order valence-corrected chi connectivity index (χ0v) is 16.9. The third-order valence-corrected chi connectivity index (χ3v) is 5.99. The molecule has 1 aromatic heterocycles. The fraction of sp³-hybridized carbons (Fsp3) is 0.600. The van der Waals surface area contributed by atoms with Crippen LogP contribution < -0.4 is 0 Å². The zero-order valence-electron chi connectivity index (χ0n) is 16.1. The van der Waals surface area contributed by atoms with E-state index >= 15 is 0 Å². The topological polar surface area (TPSA) is 70.6 Å². The van der Waals surface area contributed by atoms with Gasteiger partial charge in [0.15, 0.2) is 0 Å². The Kier molecular flexibility index (Phi) is 6.42. The Morgan fingerprint density at radius 3 is 2.59 bits per heavy atom. The van der Waals surface area contributed by atoms with Gasteiger partial charge in [-0.3, -0.25) is 14.5 Å². The fourth-order valence-corrected chi connectivity index (χ4v) is 4.19. The van der Waals surface area contributed by atoms with Gasteiger partial charge in [-0.1, -0.05) is 25.5 Å². The van der Waals surface area contributed by atoms with Gasteiger partial charge in [0, 0.05) is 11.9 Å². The van der Waals surface area contributed by atoms with Crippen molar-refractivity contribution in [3.63, 3.8) is 0 Å². The van der Waals surface area contributed by atoms with Crippen LogP contribution in [0, 0.1) is 5.92 Å². The molecule has 146 valence electrons. The summed E-state index contributed by atoms with van der Waals surface area (Å²) in [4.78, 5) is 43.7. The molecule has 7 heteroatoms.